The van der Waals surface area contributed by atoms with Crippen LogP contribution in [0.25, 0.3) is 11.0 Å². The van der Waals surface area contributed by atoms with Gasteiger partial charge in [-0.25, -0.2) is 9.78 Å². The molecular formula is C38H39N3O5S. The first-order valence-corrected chi connectivity index (χ1v) is 17.4. The molecule has 0 saturated heterocycles. The number of aliphatic hydroxyl groups excluding tert-OH is 1. The summed E-state index contributed by atoms with van der Waals surface area (Å²) >= 11 is 0. The molecule has 0 amide bonds. The van der Waals surface area contributed by atoms with Gasteiger partial charge in [0.05, 0.1) is 22.3 Å². The maximum atomic E-state index is 13.9. The van der Waals surface area contributed by atoms with Crippen LogP contribution in [-0.4, -0.2) is 42.1 Å². The molecule has 0 aliphatic carbocycles. The highest BCUT2D eigenvalue weighted by atomic mass is 32.2. The van der Waals surface area contributed by atoms with Crippen molar-refractivity contribution in [1.82, 2.24) is 9.97 Å². The fourth-order valence-electron chi connectivity index (χ4n) is 6.45. The SMILES string of the molecule is CCC(C1=C(O)CC(CCc2ccccc2)(CCc2ccccc2)OC1=O)c1cccc(N(C)S(=O)(=O)c2nc3ccccc3[nH]2)c1. The molecule has 0 radical (unpaired) electrons. The quantitative estimate of drug-likeness (QED) is 0.134. The van der Waals surface area contributed by atoms with Crippen LogP contribution in [0.5, 0.6) is 0 Å². The predicted molar refractivity (Wildman–Crippen MR) is 184 cm³/mol. The molecule has 0 bridgehead atoms. The predicted octanol–water partition coefficient (Wildman–Crippen LogP) is 7.65. The molecule has 9 heteroatoms. The van der Waals surface area contributed by atoms with Crippen LogP contribution in [-0.2, 0) is 32.4 Å². The van der Waals surface area contributed by atoms with Gasteiger partial charge in [-0.2, -0.15) is 8.42 Å². The zero-order valence-electron chi connectivity index (χ0n) is 26.6. The van der Waals surface area contributed by atoms with E-state index in [0.717, 1.165) is 11.1 Å². The van der Waals surface area contributed by atoms with E-state index in [0.29, 0.717) is 54.4 Å². The molecule has 2 N–H and O–H groups in total. The Bertz CT molecular complexity index is 1930. The van der Waals surface area contributed by atoms with Crippen LogP contribution in [0.4, 0.5) is 5.69 Å². The summed E-state index contributed by atoms with van der Waals surface area (Å²) in [4.78, 5) is 21.1. The van der Waals surface area contributed by atoms with Gasteiger partial charge in [0.15, 0.2) is 0 Å². The topological polar surface area (TPSA) is 113 Å². The van der Waals surface area contributed by atoms with Crippen LogP contribution in [0, 0.1) is 0 Å². The molecule has 1 aromatic heterocycles. The molecule has 1 unspecified atom stereocenters. The van der Waals surface area contributed by atoms with Gasteiger partial charge < -0.3 is 14.8 Å². The molecule has 6 rings (SSSR count). The van der Waals surface area contributed by atoms with E-state index in [-0.39, 0.29) is 22.9 Å². The summed E-state index contributed by atoms with van der Waals surface area (Å²) < 4.78 is 34.7. The average Bonchev–Trinajstić information content (AvgIpc) is 3.54. The number of imidazole rings is 1. The number of nitrogens with zero attached hydrogens (tertiary/aromatic N) is 2. The molecule has 1 atom stereocenters. The highest BCUT2D eigenvalue weighted by Gasteiger charge is 2.43. The molecule has 242 valence electrons. The molecule has 1 aliphatic rings. The van der Waals surface area contributed by atoms with Gasteiger partial charge >= 0.3 is 5.97 Å². The van der Waals surface area contributed by atoms with Gasteiger partial charge in [0.1, 0.15) is 11.4 Å². The van der Waals surface area contributed by atoms with Gasteiger partial charge in [0.25, 0.3) is 10.0 Å². The maximum absolute atomic E-state index is 13.9. The Morgan fingerprint density at radius 3 is 2.11 bits per heavy atom. The Balaban J connectivity index is 1.28. The second kappa shape index (κ2) is 13.5. The Hall–Kier alpha value is -4.89. The second-order valence-corrected chi connectivity index (χ2v) is 14.1. The zero-order chi connectivity index (χ0) is 33.0. The molecule has 4 aromatic carbocycles. The molecule has 0 saturated carbocycles. The number of hydrogen-bond donors (Lipinski definition) is 2. The van der Waals surface area contributed by atoms with Crippen molar-refractivity contribution in [1.29, 1.82) is 0 Å². The number of anilines is 1. The average molecular weight is 650 g/mol. The lowest BCUT2D eigenvalue weighted by Gasteiger charge is -2.39. The number of esters is 1. The number of aryl methyl sites for hydroxylation is 2. The van der Waals surface area contributed by atoms with Gasteiger partial charge in [0, 0.05) is 19.4 Å². The maximum Gasteiger partial charge on any atom is 0.338 e. The number of cyclic esters (lactones) is 1. The van der Waals surface area contributed by atoms with E-state index >= 15 is 0 Å². The van der Waals surface area contributed by atoms with Crippen molar-refractivity contribution in [3.63, 3.8) is 0 Å². The minimum atomic E-state index is -4.01. The van der Waals surface area contributed by atoms with Crippen molar-refractivity contribution in [2.24, 2.45) is 0 Å². The molecular weight excluding hydrogens is 611 g/mol. The number of H-pyrrole nitrogens is 1. The lowest BCUT2D eigenvalue weighted by atomic mass is 9.79. The zero-order valence-corrected chi connectivity index (χ0v) is 27.4. The van der Waals surface area contributed by atoms with Crippen LogP contribution < -0.4 is 4.31 Å². The largest absolute Gasteiger partial charge is 0.512 e. The van der Waals surface area contributed by atoms with Crippen molar-refractivity contribution in [3.8, 4) is 0 Å². The lowest BCUT2D eigenvalue weighted by molar-refractivity contribution is -0.161. The minimum Gasteiger partial charge on any atom is -0.512 e. The number of rotatable bonds is 12. The summed E-state index contributed by atoms with van der Waals surface area (Å²) in [7, 11) is -2.54. The molecule has 0 fully saturated rings. The number of ether oxygens (including phenoxy) is 1. The van der Waals surface area contributed by atoms with Crippen LogP contribution in [0.3, 0.4) is 0 Å². The number of aromatic amines is 1. The summed E-state index contributed by atoms with van der Waals surface area (Å²) in [5.74, 6) is -0.996. The number of sulfonamides is 1. The molecule has 8 nitrogen and oxygen atoms in total. The fourth-order valence-corrected chi connectivity index (χ4v) is 7.55. The highest BCUT2D eigenvalue weighted by Crippen LogP contribution is 2.42. The highest BCUT2D eigenvalue weighted by molar-refractivity contribution is 7.92. The number of para-hydroxylation sites is 2. The number of fused-ring (bicyclic) bond motifs is 1. The van der Waals surface area contributed by atoms with E-state index in [1.165, 1.54) is 11.4 Å². The Morgan fingerprint density at radius 1 is 0.894 bits per heavy atom. The van der Waals surface area contributed by atoms with E-state index in [1.54, 1.807) is 36.4 Å². The summed E-state index contributed by atoms with van der Waals surface area (Å²) in [5, 5.41) is 11.5. The summed E-state index contributed by atoms with van der Waals surface area (Å²) in [6.07, 6.45) is 3.27. The monoisotopic (exact) mass is 649 g/mol. The minimum absolute atomic E-state index is 0.0304. The van der Waals surface area contributed by atoms with E-state index in [1.807, 2.05) is 55.5 Å². The fraction of sp³-hybridized carbons (Fsp3) is 0.263. The lowest BCUT2D eigenvalue weighted by Crippen LogP contribution is -2.42. The molecule has 47 heavy (non-hydrogen) atoms. The van der Waals surface area contributed by atoms with E-state index < -0.39 is 27.5 Å². The first-order chi connectivity index (χ1) is 22.7. The molecule has 1 aliphatic heterocycles. The van der Waals surface area contributed by atoms with E-state index in [4.69, 9.17) is 4.74 Å². The second-order valence-electron chi connectivity index (χ2n) is 12.2. The van der Waals surface area contributed by atoms with Gasteiger partial charge in [-0.1, -0.05) is 91.9 Å². The third-order valence-corrected chi connectivity index (χ3v) is 10.7. The number of aliphatic hydroxyl groups is 1. The summed E-state index contributed by atoms with van der Waals surface area (Å²) in [6, 6.07) is 34.3. The van der Waals surface area contributed by atoms with Crippen molar-refractivity contribution in [2.75, 3.05) is 11.4 Å². The van der Waals surface area contributed by atoms with Gasteiger partial charge in [-0.3, -0.25) is 4.31 Å². The van der Waals surface area contributed by atoms with Crippen molar-refractivity contribution >= 4 is 32.7 Å². The van der Waals surface area contributed by atoms with Crippen LogP contribution in [0.15, 0.2) is 126 Å². The van der Waals surface area contributed by atoms with E-state index in [9.17, 15) is 18.3 Å². The first-order valence-electron chi connectivity index (χ1n) is 16.0. The smallest absolute Gasteiger partial charge is 0.338 e. The Morgan fingerprint density at radius 2 is 1.51 bits per heavy atom. The number of benzene rings is 4. The van der Waals surface area contributed by atoms with Crippen LogP contribution in [0.1, 0.15) is 55.2 Å². The van der Waals surface area contributed by atoms with Gasteiger partial charge in [-0.05, 0) is 73.1 Å². The van der Waals surface area contributed by atoms with Crippen LogP contribution in [0.2, 0.25) is 0 Å². The Kier molecular flexibility index (Phi) is 9.18. The van der Waals surface area contributed by atoms with Gasteiger partial charge in [-0.15, -0.1) is 0 Å². The number of aromatic nitrogens is 2. The number of carbonyl (C=O) groups is 1. The molecule has 5 aromatic rings. The summed E-state index contributed by atoms with van der Waals surface area (Å²) in [5.41, 5.74) is 3.94. The van der Waals surface area contributed by atoms with Crippen molar-refractivity contribution in [3.05, 3.63) is 137 Å². The molecule has 0 spiro atoms. The first kappa shape index (κ1) is 32.1. The van der Waals surface area contributed by atoms with Crippen molar-refractivity contribution in [2.45, 2.75) is 62.1 Å². The van der Waals surface area contributed by atoms with E-state index in [2.05, 4.69) is 34.2 Å². The standard InChI is InChI=1S/C38H39N3O5S/c1-3-31(29-17-12-18-30(25-29)41(2)47(44,45)37-39-32-19-10-11-20-33(32)40-37)35-34(42)26-38(46-36(35)43,23-21-27-13-6-4-7-14-27)24-22-28-15-8-5-9-16-28/h4-20,25,31,42H,3,21-24,26H2,1-2H3,(H,39,40). The Labute approximate surface area is 275 Å². The normalized spacial score (nSPS) is 15.4. The van der Waals surface area contributed by atoms with Crippen molar-refractivity contribution < 1.29 is 23.1 Å². The number of hydrogen-bond acceptors (Lipinski definition) is 6. The number of carbonyl (C=O) groups excluding carboxylic acids is 1. The van der Waals surface area contributed by atoms with Crippen LogP contribution >= 0.6 is 0 Å². The third kappa shape index (κ3) is 6.81. The third-order valence-electron chi connectivity index (χ3n) is 9.12. The molecule has 2 heterocycles. The number of nitrogens with one attached hydrogen (secondary N) is 1. The summed E-state index contributed by atoms with van der Waals surface area (Å²) in [6.45, 7) is 1.94. The van der Waals surface area contributed by atoms with Gasteiger partial charge in [0.2, 0.25) is 5.16 Å².